The van der Waals surface area contributed by atoms with Gasteiger partial charge in [0.15, 0.2) is 0 Å². The molecule has 3 atom stereocenters. The summed E-state index contributed by atoms with van der Waals surface area (Å²) in [5.74, 6) is 0.471. The molecule has 148 valence electrons. The maximum atomic E-state index is 12.4. The third-order valence-electron chi connectivity index (χ3n) is 5.25. The molecule has 0 N–H and O–H groups in total. The Morgan fingerprint density at radius 1 is 1.33 bits per heavy atom. The van der Waals surface area contributed by atoms with Gasteiger partial charge in [-0.05, 0) is 25.5 Å². The molecule has 3 aliphatic rings. The van der Waals surface area contributed by atoms with Crippen molar-refractivity contribution in [3.8, 4) is 0 Å². The molecule has 0 radical (unpaired) electrons. The zero-order valence-electron chi connectivity index (χ0n) is 15.5. The van der Waals surface area contributed by atoms with Crippen molar-refractivity contribution >= 4 is 17.2 Å². The van der Waals surface area contributed by atoms with Crippen molar-refractivity contribution in [2.75, 3.05) is 26.3 Å². The van der Waals surface area contributed by atoms with E-state index in [1.165, 1.54) is 16.5 Å². The molecule has 2 unspecified atom stereocenters. The fraction of sp³-hybridized carbons (Fsp3) is 0.526. The molecule has 0 aromatic carbocycles. The first-order chi connectivity index (χ1) is 12.9. The summed E-state index contributed by atoms with van der Waals surface area (Å²) >= 11 is -2.47. The third-order valence-corrected chi connectivity index (χ3v) is 6.10. The molecule has 7 nitrogen and oxygen atoms in total. The highest BCUT2D eigenvalue weighted by atomic mass is 32.2. The van der Waals surface area contributed by atoms with Gasteiger partial charge in [0, 0.05) is 30.8 Å². The Morgan fingerprint density at radius 2 is 2.00 bits per heavy atom. The van der Waals surface area contributed by atoms with Crippen LogP contribution in [0.15, 0.2) is 48.9 Å². The summed E-state index contributed by atoms with van der Waals surface area (Å²) in [4.78, 5) is 14.3. The van der Waals surface area contributed by atoms with Crippen LogP contribution in [0.4, 0.5) is 0 Å². The number of carbonyl (C=O) groups is 1. The van der Waals surface area contributed by atoms with Gasteiger partial charge in [-0.25, -0.2) is 0 Å². The number of nitrogens with zero attached hydrogens (tertiary/aromatic N) is 2. The number of hydrogen-bond acceptors (Lipinski definition) is 5. The highest BCUT2D eigenvalue weighted by Crippen LogP contribution is 2.38. The van der Waals surface area contributed by atoms with E-state index >= 15 is 0 Å². The number of allylic oxidation sites excluding steroid dienone is 4. The Hall–Kier alpha value is -1.90. The highest BCUT2D eigenvalue weighted by molar-refractivity contribution is 7.76. The van der Waals surface area contributed by atoms with Crippen LogP contribution in [0.25, 0.3) is 0 Å². The summed E-state index contributed by atoms with van der Waals surface area (Å²) in [6.07, 6.45) is 6.57. The minimum Gasteiger partial charge on any atom is -0.755 e. The molecule has 0 aromatic rings. The third kappa shape index (κ3) is 3.88. The summed E-state index contributed by atoms with van der Waals surface area (Å²) in [5.41, 5.74) is 0.591. The molecule has 0 saturated carbocycles. The fourth-order valence-corrected chi connectivity index (χ4v) is 4.47. The van der Waals surface area contributed by atoms with E-state index in [0.717, 1.165) is 26.3 Å². The molecule has 3 saturated heterocycles. The fourth-order valence-electron chi connectivity index (χ4n) is 3.75. The number of amides is 1. The van der Waals surface area contributed by atoms with E-state index in [0.29, 0.717) is 24.3 Å². The molecular formula is C19H25N2O5S-. The number of carbonyl (C=O) groups excluding carboxylic acids is 1. The molecule has 1 amide bonds. The van der Waals surface area contributed by atoms with Crippen LogP contribution in [0.3, 0.4) is 0 Å². The Balaban J connectivity index is 1.65. The van der Waals surface area contributed by atoms with Gasteiger partial charge in [-0.15, -0.1) is 0 Å². The summed E-state index contributed by atoms with van der Waals surface area (Å²) in [5, 5.41) is 0. The van der Waals surface area contributed by atoms with Gasteiger partial charge in [-0.2, -0.15) is 0 Å². The number of morpholine rings is 1. The number of ether oxygens (including phenoxy) is 2. The second kappa shape index (κ2) is 8.00. The van der Waals surface area contributed by atoms with Crippen LogP contribution in [0, 0.1) is 5.41 Å². The Labute approximate surface area is 162 Å². The van der Waals surface area contributed by atoms with E-state index in [-0.39, 0.29) is 11.3 Å². The van der Waals surface area contributed by atoms with E-state index in [4.69, 9.17) is 9.47 Å². The lowest BCUT2D eigenvalue weighted by atomic mass is 9.78. The van der Waals surface area contributed by atoms with Crippen LogP contribution in [0.5, 0.6) is 0 Å². The van der Waals surface area contributed by atoms with Crippen LogP contribution in [-0.2, 0) is 25.5 Å². The molecular weight excluding hydrogens is 368 g/mol. The van der Waals surface area contributed by atoms with Gasteiger partial charge < -0.3 is 18.9 Å². The molecule has 0 aromatic heterocycles. The van der Waals surface area contributed by atoms with Crippen molar-refractivity contribution in [1.82, 2.24) is 9.21 Å². The second-order valence-electron chi connectivity index (χ2n) is 7.28. The van der Waals surface area contributed by atoms with Crippen molar-refractivity contribution in [3.05, 3.63) is 48.9 Å². The normalized spacial score (nSPS) is 30.4. The van der Waals surface area contributed by atoms with Crippen molar-refractivity contribution in [2.45, 2.75) is 31.9 Å². The molecule has 3 rings (SSSR count). The molecule has 3 aliphatic heterocycles. The smallest absolute Gasteiger partial charge is 0.222 e. The van der Waals surface area contributed by atoms with Gasteiger partial charge in [0.2, 0.25) is 5.91 Å². The van der Waals surface area contributed by atoms with E-state index in [9.17, 15) is 13.6 Å². The topological polar surface area (TPSA) is 82.1 Å². The largest absolute Gasteiger partial charge is 0.755 e. The van der Waals surface area contributed by atoms with Gasteiger partial charge in [0.05, 0.1) is 30.4 Å². The predicted molar refractivity (Wildman–Crippen MR) is 101 cm³/mol. The SMILES string of the molecule is C=C/C=C1/OC(CCC(=O)N2CC3(COC3)C2)[C@@H](C)N(S(=O)[O-])/C1=C/C=C. The Kier molecular flexibility index (Phi) is 5.88. The lowest BCUT2D eigenvalue weighted by Gasteiger charge is -2.55. The second-order valence-corrected chi connectivity index (χ2v) is 8.10. The highest BCUT2D eigenvalue weighted by Gasteiger charge is 2.50. The molecule has 3 fully saturated rings. The Bertz CT molecular complexity index is 705. The molecule has 8 heteroatoms. The summed E-state index contributed by atoms with van der Waals surface area (Å²) in [7, 11) is 0. The minimum absolute atomic E-state index is 0.0693. The zero-order valence-corrected chi connectivity index (χ0v) is 16.3. The quantitative estimate of drug-likeness (QED) is 0.641. The first-order valence-corrected chi connectivity index (χ1v) is 10.0. The average molecular weight is 393 g/mol. The van der Waals surface area contributed by atoms with E-state index < -0.39 is 23.4 Å². The average Bonchev–Trinajstić information content (AvgIpc) is 2.53. The monoisotopic (exact) mass is 393 g/mol. The first-order valence-electron chi connectivity index (χ1n) is 8.97. The van der Waals surface area contributed by atoms with Crippen molar-refractivity contribution in [2.24, 2.45) is 5.41 Å². The number of likely N-dealkylation sites (tertiary alicyclic amines) is 1. The van der Waals surface area contributed by atoms with Crippen molar-refractivity contribution < 1.29 is 23.0 Å². The van der Waals surface area contributed by atoms with Gasteiger partial charge in [-0.1, -0.05) is 25.3 Å². The van der Waals surface area contributed by atoms with Crippen LogP contribution in [0.1, 0.15) is 19.8 Å². The van der Waals surface area contributed by atoms with Crippen LogP contribution in [0.2, 0.25) is 0 Å². The van der Waals surface area contributed by atoms with Gasteiger partial charge in [-0.3, -0.25) is 13.3 Å². The summed E-state index contributed by atoms with van der Waals surface area (Å²) in [6, 6.07) is -0.438. The summed E-state index contributed by atoms with van der Waals surface area (Å²) < 4.78 is 36.1. The van der Waals surface area contributed by atoms with Crippen LogP contribution in [-0.4, -0.2) is 62.3 Å². The molecule has 1 spiro atoms. The van der Waals surface area contributed by atoms with E-state index in [1.54, 1.807) is 19.1 Å². The van der Waals surface area contributed by atoms with Gasteiger partial charge >= 0.3 is 0 Å². The lowest BCUT2D eigenvalue weighted by molar-refractivity contribution is -0.195. The molecule has 27 heavy (non-hydrogen) atoms. The van der Waals surface area contributed by atoms with Gasteiger partial charge in [0.1, 0.15) is 11.9 Å². The maximum absolute atomic E-state index is 12.4. The van der Waals surface area contributed by atoms with Crippen molar-refractivity contribution in [1.29, 1.82) is 0 Å². The number of rotatable bonds is 6. The predicted octanol–water partition coefficient (Wildman–Crippen LogP) is 1.65. The van der Waals surface area contributed by atoms with E-state index in [2.05, 4.69) is 13.2 Å². The zero-order chi connectivity index (χ0) is 19.6. The molecule has 3 heterocycles. The standard InChI is InChI=1S/C19H26N2O5S/c1-4-6-15-17(7-5-2)26-16(14(3)21(15)27(23)24)8-9-18(22)20-10-19(11-20)12-25-13-19/h4-7,14,16H,1-2,8-13H2,3H3,(H,23,24)/p-1/b15-6+,17-7+/t14-,16?/m1/s1. The van der Waals surface area contributed by atoms with Crippen LogP contribution < -0.4 is 0 Å². The minimum atomic E-state index is -2.47. The lowest BCUT2D eigenvalue weighted by Crippen LogP contribution is -2.67. The van der Waals surface area contributed by atoms with Gasteiger partial charge in [0.25, 0.3) is 0 Å². The van der Waals surface area contributed by atoms with Crippen LogP contribution >= 0.6 is 0 Å². The summed E-state index contributed by atoms with van der Waals surface area (Å²) in [6.45, 7) is 12.0. The first kappa shape index (κ1) is 19.9. The Morgan fingerprint density at radius 3 is 2.52 bits per heavy atom. The maximum Gasteiger partial charge on any atom is 0.222 e. The number of hydrogen-bond donors (Lipinski definition) is 0. The molecule has 0 aliphatic carbocycles. The van der Waals surface area contributed by atoms with E-state index in [1.807, 2.05) is 4.90 Å². The molecule has 0 bridgehead atoms. The van der Waals surface area contributed by atoms with Crippen molar-refractivity contribution in [3.63, 3.8) is 0 Å².